The molecule has 0 unspecified atom stereocenters. The minimum Gasteiger partial charge on any atom is -0.462 e. The molecule has 0 aromatic carbocycles. The van der Waals surface area contributed by atoms with Crippen LogP contribution in [0.1, 0.15) is 367 Å². The highest BCUT2D eigenvalue weighted by Crippen LogP contribution is 2.18. The van der Waals surface area contributed by atoms with E-state index in [2.05, 4.69) is 45.1 Å². The molecule has 6 nitrogen and oxygen atoms in total. The monoisotopic (exact) mass is 1030 g/mol. The van der Waals surface area contributed by atoms with E-state index in [1.807, 2.05) is 0 Å². The van der Waals surface area contributed by atoms with Gasteiger partial charge in [-0.05, 0) is 70.6 Å². The summed E-state index contributed by atoms with van der Waals surface area (Å²) < 4.78 is 17.0. The predicted octanol–water partition coefficient (Wildman–Crippen LogP) is 22.2. The Labute approximate surface area is 455 Å². The number of rotatable bonds is 61. The average Bonchev–Trinajstić information content (AvgIpc) is 3.39. The molecule has 0 heterocycles. The van der Waals surface area contributed by atoms with Gasteiger partial charge in [0.15, 0.2) is 6.10 Å². The highest BCUT2D eigenvalue weighted by atomic mass is 16.6. The minimum atomic E-state index is -0.771. The van der Waals surface area contributed by atoms with E-state index in [0.717, 1.165) is 57.8 Å². The van der Waals surface area contributed by atoms with Gasteiger partial charge in [0, 0.05) is 19.3 Å². The van der Waals surface area contributed by atoms with Crippen molar-refractivity contribution >= 4 is 17.9 Å². The van der Waals surface area contributed by atoms with Gasteiger partial charge in [0.1, 0.15) is 13.2 Å². The Bertz CT molecular complexity index is 1180. The summed E-state index contributed by atoms with van der Waals surface area (Å²) in [5.41, 5.74) is 0. The van der Waals surface area contributed by atoms with Gasteiger partial charge in [-0.25, -0.2) is 0 Å². The zero-order valence-electron chi connectivity index (χ0n) is 49.4. The highest BCUT2D eigenvalue weighted by Gasteiger charge is 2.19. The molecule has 0 spiro atoms. The van der Waals surface area contributed by atoms with Gasteiger partial charge in [-0.15, -0.1) is 0 Å². The lowest BCUT2D eigenvalue weighted by Gasteiger charge is -2.18. The molecule has 430 valence electrons. The van der Waals surface area contributed by atoms with Crippen molar-refractivity contribution < 1.29 is 28.6 Å². The molecular formula is C67H126O6. The fourth-order valence-electron chi connectivity index (χ4n) is 9.97. The van der Waals surface area contributed by atoms with Crippen molar-refractivity contribution in [2.75, 3.05) is 13.2 Å². The Kier molecular flexibility index (Phi) is 60.6. The number of carbonyl (C=O) groups is 3. The number of hydrogen-bond acceptors (Lipinski definition) is 6. The smallest absolute Gasteiger partial charge is 0.306 e. The lowest BCUT2D eigenvalue weighted by Crippen LogP contribution is -2.30. The molecule has 0 saturated carbocycles. The van der Waals surface area contributed by atoms with Crippen LogP contribution in [-0.4, -0.2) is 37.2 Å². The Morgan fingerprint density at radius 3 is 0.685 bits per heavy atom. The van der Waals surface area contributed by atoms with Gasteiger partial charge in [-0.3, -0.25) is 14.4 Å². The van der Waals surface area contributed by atoms with Crippen LogP contribution in [-0.2, 0) is 28.6 Å². The Balaban J connectivity index is 4.32. The number of hydrogen-bond donors (Lipinski definition) is 0. The first kappa shape index (κ1) is 70.9. The van der Waals surface area contributed by atoms with E-state index in [1.165, 1.54) is 270 Å². The van der Waals surface area contributed by atoms with Crippen LogP contribution in [0, 0.1) is 0 Å². The SMILES string of the molecule is CCCCCCCC/C=C\CCCCCCCCCCCC(=O)OC[C@H](COC(=O)CCCCCCCCC/C=C\CCCCCCCC)OC(=O)CCCCCCCCCCCCCCCCCCCCC. The summed E-state index contributed by atoms with van der Waals surface area (Å²) in [7, 11) is 0. The molecule has 0 aliphatic rings. The molecule has 0 N–H and O–H groups in total. The molecule has 0 bridgehead atoms. The van der Waals surface area contributed by atoms with Crippen LogP contribution < -0.4 is 0 Å². The highest BCUT2D eigenvalue weighted by molar-refractivity contribution is 5.71. The fraction of sp³-hybridized carbons (Fsp3) is 0.896. The van der Waals surface area contributed by atoms with Gasteiger partial charge < -0.3 is 14.2 Å². The van der Waals surface area contributed by atoms with Crippen LogP contribution >= 0.6 is 0 Å². The van der Waals surface area contributed by atoms with Crippen LogP contribution in [0.15, 0.2) is 24.3 Å². The normalized spacial score (nSPS) is 12.1. The van der Waals surface area contributed by atoms with E-state index in [4.69, 9.17) is 14.2 Å². The number of unbranched alkanes of at least 4 members (excludes halogenated alkanes) is 46. The maximum absolute atomic E-state index is 12.9. The molecular weight excluding hydrogens is 901 g/mol. The second-order valence-electron chi connectivity index (χ2n) is 22.4. The Morgan fingerprint density at radius 2 is 0.452 bits per heavy atom. The molecule has 0 aromatic rings. The second kappa shape index (κ2) is 62.4. The Morgan fingerprint density at radius 1 is 0.260 bits per heavy atom. The van der Waals surface area contributed by atoms with E-state index < -0.39 is 6.10 Å². The van der Waals surface area contributed by atoms with E-state index in [9.17, 15) is 14.4 Å². The van der Waals surface area contributed by atoms with Gasteiger partial charge >= 0.3 is 17.9 Å². The number of carbonyl (C=O) groups excluding carboxylic acids is 3. The van der Waals surface area contributed by atoms with E-state index >= 15 is 0 Å². The van der Waals surface area contributed by atoms with Crippen molar-refractivity contribution in [2.24, 2.45) is 0 Å². The number of ether oxygens (including phenoxy) is 3. The summed E-state index contributed by atoms with van der Waals surface area (Å²) in [4.78, 5) is 38.4. The van der Waals surface area contributed by atoms with Crippen molar-refractivity contribution in [3.8, 4) is 0 Å². The van der Waals surface area contributed by atoms with Crippen LogP contribution in [0.5, 0.6) is 0 Å². The average molecular weight is 1030 g/mol. The molecule has 0 radical (unpaired) electrons. The molecule has 73 heavy (non-hydrogen) atoms. The number of esters is 3. The summed E-state index contributed by atoms with van der Waals surface area (Å²) >= 11 is 0. The molecule has 0 amide bonds. The summed E-state index contributed by atoms with van der Waals surface area (Å²) in [6.07, 6.45) is 74.7. The van der Waals surface area contributed by atoms with Gasteiger partial charge in [0.25, 0.3) is 0 Å². The molecule has 0 saturated heterocycles. The third-order valence-corrected chi connectivity index (χ3v) is 14.9. The van der Waals surface area contributed by atoms with Gasteiger partial charge in [-0.2, -0.15) is 0 Å². The van der Waals surface area contributed by atoms with Crippen molar-refractivity contribution in [1.29, 1.82) is 0 Å². The summed E-state index contributed by atoms with van der Waals surface area (Å²) in [5, 5.41) is 0. The Hall–Kier alpha value is -2.11. The molecule has 0 aromatic heterocycles. The van der Waals surface area contributed by atoms with Crippen LogP contribution in [0.4, 0.5) is 0 Å². The topological polar surface area (TPSA) is 78.9 Å². The summed E-state index contributed by atoms with van der Waals surface area (Å²) in [5.74, 6) is -0.846. The molecule has 0 rings (SSSR count). The van der Waals surface area contributed by atoms with Crippen LogP contribution in [0.2, 0.25) is 0 Å². The third kappa shape index (κ3) is 60.6. The van der Waals surface area contributed by atoms with Crippen molar-refractivity contribution in [1.82, 2.24) is 0 Å². The lowest BCUT2D eigenvalue weighted by molar-refractivity contribution is -0.167. The van der Waals surface area contributed by atoms with Gasteiger partial charge in [0.05, 0.1) is 0 Å². The number of allylic oxidation sites excluding steroid dienone is 4. The third-order valence-electron chi connectivity index (χ3n) is 14.9. The van der Waals surface area contributed by atoms with E-state index in [0.29, 0.717) is 19.3 Å². The van der Waals surface area contributed by atoms with Crippen molar-refractivity contribution in [3.63, 3.8) is 0 Å². The largest absolute Gasteiger partial charge is 0.462 e. The van der Waals surface area contributed by atoms with Crippen molar-refractivity contribution in [2.45, 2.75) is 374 Å². The van der Waals surface area contributed by atoms with Gasteiger partial charge in [-0.1, -0.05) is 302 Å². The molecule has 0 fully saturated rings. The van der Waals surface area contributed by atoms with Crippen LogP contribution in [0.25, 0.3) is 0 Å². The van der Waals surface area contributed by atoms with Gasteiger partial charge in [0.2, 0.25) is 0 Å². The fourth-order valence-corrected chi connectivity index (χ4v) is 9.97. The summed E-state index contributed by atoms with van der Waals surface area (Å²) in [6.45, 7) is 6.70. The molecule has 1 atom stereocenters. The zero-order valence-corrected chi connectivity index (χ0v) is 49.4. The lowest BCUT2D eigenvalue weighted by atomic mass is 10.0. The van der Waals surface area contributed by atoms with Crippen LogP contribution in [0.3, 0.4) is 0 Å². The summed E-state index contributed by atoms with van der Waals surface area (Å²) in [6, 6.07) is 0. The molecule has 0 aliphatic heterocycles. The van der Waals surface area contributed by atoms with E-state index in [1.54, 1.807) is 0 Å². The quantitative estimate of drug-likeness (QED) is 0.0261. The first-order chi connectivity index (χ1) is 36.0. The second-order valence-corrected chi connectivity index (χ2v) is 22.4. The maximum Gasteiger partial charge on any atom is 0.306 e. The standard InChI is InChI=1S/C67H126O6/c1-4-7-10-13-16-19-22-25-28-31-33-36-39-42-45-48-51-54-57-60-66(69)72-63-64(62-71-65(68)59-56-53-50-47-44-41-38-35-30-27-24-21-18-15-12-9-6-3)73-67(70)61-58-55-52-49-46-43-40-37-34-32-29-26-23-20-17-14-11-8-5-2/h25,27-28,30,64H,4-24,26,29,31-63H2,1-3H3/b28-25-,30-27-/t64-/m0/s1. The molecule has 0 aliphatic carbocycles. The maximum atomic E-state index is 12.9. The minimum absolute atomic E-state index is 0.0686. The molecule has 6 heteroatoms. The van der Waals surface area contributed by atoms with E-state index in [-0.39, 0.29) is 31.1 Å². The van der Waals surface area contributed by atoms with Crippen molar-refractivity contribution in [3.05, 3.63) is 24.3 Å². The first-order valence-electron chi connectivity index (χ1n) is 32.8. The predicted molar refractivity (Wildman–Crippen MR) is 316 cm³/mol. The zero-order chi connectivity index (χ0) is 52.9. The first-order valence-corrected chi connectivity index (χ1v) is 32.8.